The zero-order valence-electron chi connectivity index (χ0n) is 19.1. The number of hydrogen-bond donors (Lipinski definition) is 2. The van der Waals surface area contributed by atoms with E-state index in [1.807, 2.05) is 39.4 Å². The summed E-state index contributed by atoms with van der Waals surface area (Å²) in [6.07, 6.45) is 13.6. The third-order valence-electron chi connectivity index (χ3n) is 7.29. The Kier molecular flexibility index (Phi) is 5.63. The van der Waals surface area contributed by atoms with Crippen LogP contribution in [0, 0.1) is 11.3 Å². The predicted molar refractivity (Wildman–Crippen MR) is 121 cm³/mol. The summed E-state index contributed by atoms with van der Waals surface area (Å²) >= 11 is 0. The lowest BCUT2D eigenvalue weighted by atomic mass is 9.51. The summed E-state index contributed by atoms with van der Waals surface area (Å²) in [7, 11) is 0. The summed E-state index contributed by atoms with van der Waals surface area (Å²) in [5.41, 5.74) is 3.06. The maximum absolute atomic E-state index is 12.1. The van der Waals surface area contributed by atoms with Crippen LogP contribution in [0.25, 0.3) is 5.57 Å². The molecule has 0 aromatic carbocycles. The third kappa shape index (κ3) is 3.98. The van der Waals surface area contributed by atoms with Crippen LogP contribution in [0.15, 0.2) is 42.9 Å². The summed E-state index contributed by atoms with van der Waals surface area (Å²) in [5, 5.41) is 14.3. The molecule has 6 heteroatoms. The molecule has 6 nitrogen and oxygen atoms in total. The van der Waals surface area contributed by atoms with Crippen molar-refractivity contribution < 1.29 is 14.6 Å². The first-order chi connectivity index (χ1) is 14.6. The monoisotopic (exact) mass is 425 g/mol. The van der Waals surface area contributed by atoms with Crippen LogP contribution in [-0.2, 0) is 4.74 Å². The molecular weight excluding hydrogens is 390 g/mol. The van der Waals surface area contributed by atoms with Crippen LogP contribution in [0.3, 0.4) is 0 Å². The van der Waals surface area contributed by atoms with E-state index in [-0.39, 0.29) is 35.6 Å². The lowest BCUT2D eigenvalue weighted by Gasteiger charge is -2.57. The highest BCUT2D eigenvalue weighted by Crippen LogP contribution is 2.60. The van der Waals surface area contributed by atoms with Crippen molar-refractivity contribution in [2.24, 2.45) is 11.3 Å². The average molecular weight is 426 g/mol. The van der Waals surface area contributed by atoms with Gasteiger partial charge in [-0.05, 0) is 70.8 Å². The van der Waals surface area contributed by atoms with Crippen LogP contribution in [0.2, 0.25) is 0 Å². The predicted octanol–water partition coefficient (Wildman–Crippen LogP) is 4.79. The molecule has 1 amide bonds. The number of carbonyl (C=O) groups is 1. The number of fused-ring (bicyclic) bond motifs is 1. The number of carbonyl (C=O) groups excluding carboxylic acids is 1. The zero-order chi connectivity index (χ0) is 22.4. The second-order valence-corrected chi connectivity index (χ2v) is 10.4. The van der Waals surface area contributed by atoms with Crippen molar-refractivity contribution in [1.82, 2.24) is 14.9 Å². The number of amides is 1. The summed E-state index contributed by atoms with van der Waals surface area (Å²) in [5.74, 6) is 0.193. The number of allylic oxidation sites excluding steroid dienone is 5. The van der Waals surface area contributed by atoms with Gasteiger partial charge in [0.25, 0.3) is 0 Å². The summed E-state index contributed by atoms with van der Waals surface area (Å²) in [6, 6.07) is 0.274. The molecular formula is C25H35N3O3. The Labute approximate surface area is 185 Å². The lowest BCUT2D eigenvalue weighted by molar-refractivity contribution is -0.153. The van der Waals surface area contributed by atoms with Crippen molar-refractivity contribution in [3.63, 3.8) is 0 Å². The van der Waals surface area contributed by atoms with E-state index in [4.69, 9.17) is 4.74 Å². The quantitative estimate of drug-likeness (QED) is 0.680. The summed E-state index contributed by atoms with van der Waals surface area (Å²) < 4.78 is 7.61. The smallest absolute Gasteiger partial charge is 0.407 e. The number of nitrogens with zero attached hydrogens (tertiary/aromatic N) is 2. The summed E-state index contributed by atoms with van der Waals surface area (Å²) in [6.45, 7) is 11.6. The van der Waals surface area contributed by atoms with E-state index < -0.39 is 5.60 Å². The Morgan fingerprint density at radius 3 is 2.71 bits per heavy atom. The first-order valence-corrected chi connectivity index (χ1v) is 11.3. The number of nitrogens with one attached hydrogen (secondary N) is 1. The van der Waals surface area contributed by atoms with Gasteiger partial charge in [-0.15, -0.1) is 0 Å². The van der Waals surface area contributed by atoms with E-state index in [9.17, 15) is 9.90 Å². The number of ether oxygens (including phenoxy) is 1. The van der Waals surface area contributed by atoms with Gasteiger partial charge in [-0.2, -0.15) is 0 Å². The fraction of sp³-hybridized carbons (Fsp3) is 0.600. The van der Waals surface area contributed by atoms with E-state index in [0.29, 0.717) is 0 Å². The Hall–Kier alpha value is -2.34. The SMILES string of the molecule is C=C/C=C\C1=C(C)[C@@H]([C@@H]2CC3(CCC(NC(=O)OC(C)(C)C)CC3)[C@@H]2O)n2cncc21. The molecule has 1 aliphatic heterocycles. The highest BCUT2D eigenvalue weighted by Gasteiger charge is 2.57. The molecule has 4 rings (SSSR count). The minimum atomic E-state index is -0.490. The molecule has 1 aromatic heterocycles. The number of aliphatic hydroxyl groups is 1. The van der Waals surface area contributed by atoms with E-state index in [1.165, 1.54) is 11.1 Å². The maximum Gasteiger partial charge on any atom is 0.407 e. The van der Waals surface area contributed by atoms with Gasteiger partial charge in [-0.1, -0.05) is 24.8 Å². The first-order valence-electron chi connectivity index (χ1n) is 11.3. The minimum Gasteiger partial charge on any atom is -0.444 e. The topological polar surface area (TPSA) is 76.4 Å². The second-order valence-electron chi connectivity index (χ2n) is 10.4. The highest BCUT2D eigenvalue weighted by atomic mass is 16.6. The number of alkyl carbamates (subject to hydrolysis) is 1. The Morgan fingerprint density at radius 1 is 1.39 bits per heavy atom. The number of hydrogen-bond acceptors (Lipinski definition) is 4. The van der Waals surface area contributed by atoms with Gasteiger partial charge in [0.05, 0.1) is 30.4 Å². The van der Waals surface area contributed by atoms with Gasteiger partial charge < -0.3 is 19.7 Å². The molecule has 2 heterocycles. The van der Waals surface area contributed by atoms with E-state index in [1.54, 1.807) is 6.08 Å². The van der Waals surface area contributed by atoms with Gasteiger partial charge in [0, 0.05) is 17.5 Å². The zero-order valence-corrected chi connectivity index (χ0v) is 19.1. The van der Waals surface area contributed by atoms with Crippen LogP contribution >= 0.6 is 0 Å². The number of aliphatic hydroxyl groups excluding tert-OH is 1. The first kappa shape index (κ1) is 21.9. The minimum absolute atomic E-state index is 0.0302. The van der Waals surface area contributed by atoms with Crippen LogP contribution in [0.4, 0.5) is 4.79 Å². The van der Waals surface area contributed by atoms with Crippen LogP contribution in [0.5, 0.6) is 0 Å². The van der Waals surface area contributed by atoms with Gasteiger partial charge in [0.2, 0.25) is 0 Å². The molecule has 2 N–H and O–H groups in total. The van der Waals surface area contributed by atoms with Crippen molar-refractivity contribution in [1.29, 1.82) is 0 Å². The molecule has 0 saturated heterocycles. The number of aromatic nitrogens is 2. The van der Waals surface area contributed by atoms with Crippen LogP contribution in [-0.4, -0.2) is 38.5 Å². The average Bonchev–Trinajstić information content (AvgIpc) is 3.25. The molecule has 31 heavy (non-hydrogen) atoms. The molecule has 1 aromatic rings. The molecule has 3 aliphatic rings. The molecule has 168 valence electrons. The van der Waals surface area contributed by atoms with Gasteiger partial charge in [-0.25, -0.2) is 9.78 Å². The Morgan fingerprint density at radius 2 is 2.10 bits per heavy atom. The normalized spacial score (nSPS) is 32.8. The molecule has 3 atom stereocenters. The van der Waals surface area contributed by atoms with Gasteiger partial charge >= 0.3 is 6.09 Å². The van der Waals surface area contributed by atoms with Gasteiger partial charge in [0.1, 0.15) is 5.60 Å². The van der Waals surface area contributed by atoms with Gasteiger partial charge in [-0.3, -0.25) is 0 Å². The van der Waals surface area contributed by atoms with Gasteiger partial charge in [0.15, 0.2) is 0 Å². The van der Waals surface area contributed by atoms with Crippen molar-refractivity contribution >= 4 is 11.7 Å². The fourth-order valence-corrected chi connectivity index (χ4v) is 5.80. The molecule has 0 bridgehead atoms. The Bertz CT molecular complexity index is 913. The largest absolute Gasteiger partial charge is 0.444 e. The van der Waals surface area contributed by atoms with Crippen LogP contribution < -0.4 is 5.32 Å². The third-order valence-corrected chi connectivity index (χ3v) is 7.29. The van der Waals surface area contributed by atoms with Crippen molar-refractivity contribution in [3.8, 4) is 0 Å². The maximum atomic E-state index is 12.1. The number of imidazole rings is 1. The second kappa shape index (κ2) is 7.97. The number of rotatable bonds is 4. The molecule has 1 spiro atoms. The van der Waals surface area contributed by atoms with E-state index in [2.05, 4.69) is 34.4 Å². The van der Waals surface area contributed by atoms with Crippen molar-refractivity contribution in [2.75, 3.05) is 0 Å². The standard InChI is InChI=1S/C25H35N3O3/c1-6-7-8-18-16(2)21(28-15-26-14-20(18)28)19-13-25(22(19)29)11-9-17(10-12-25)27-23(30)31-24(3,4)5/h6-8,14-15,17,19,21-22,29H,1,9-13H2,2-5H3,(H,27,30)/b8-7-/t17?,19-,21-,22+,25?/m0/s1. The van der Waals surface area contributed by atoms with Crippen molar-refractivity contribution in [2.45, 2.75) is 83.6 Å². The van der Waals surface area contributed by atoms with E-state index >= 15 is 0 Å². The molecule has 2 aliphatic carbocycles. The summed E-state index contributed by atoms with van der Waals surface area (Å²) in [4.78, 5) is 16.4. The fourth-order valence-electron chi connectivity index (χ4n) is 5.80. The lowest BCUT2D eigenvalue weighted by Crippen LogP contribution is -2.58. The van der Waals surface area contributed by atoms with E-state index in [0.717, 1.165) is 37.8 Å². The van der Waals surface area contributed by atoms with Crippen molar-refractivity contribution in [3.05, 3.63) is 48.6 Å². The molecule has 2 fully saturated rings. The molecule has 2 saturated carbocycles. The van der Waals surface area contributed by atoms with Crippen LogP contribution in [0.1, 0.15) is 71.5 Å². The molecule has 0 unspecified atom stereocenters. The molecule has 0 radical (unpaired) electrons. The highest BCUT2D eigenvalue weighted by molar-refractivity contribution is 5.78. The Balaban J connectivity index is 1.40.